The first-order valence-electron chi connectivity index (χ1n) is 8.14. The van der Waals surface area contributed by atoms with Gasteiger partial charge in [0.15, 0.2) is 0 Å². The van der Waals surface area contributed by atoms with Gasteiger partial charge in [-0.15, -0.1) is 0 Å². The van der Waals surface area contributed by atoms with Crippen molar-refractivity contribution in [2.24, 2.45) is 0 Å². The standard InChI is InChI=1S/C16H30N4/c1-5-6-9-20-14(4)16(12-17-20)18-15-7-10-19(11-8-15)13(2)3/h12-13,15,18H,5-11H2,1-4H3. The molecule has 0 saturated carbocycles. The molecule has 0 atom stereocenters. The van der Waals surface area contributed by atoms with Crippen LogP contribution in [0.2, 0.25) is 0 Å². The predicted molar refractivity (Wildman–Crippen MR) is 85.2 cm³/mol. The number of hydrogen-bond acceptors (Lipinski definition) is 3. The topological polar surface area (TPSA) is 33.1 Å². The zero-order valence-corrected chi connectivity index (χ0v) is 13.5. The second kappa shape index (κ2) is 7.11. The minimum atomic E-state index is 0.604. The highest BCUT2D eigenvalue weighted by molar-refractivity contribution is 5.46. The molecule has 1 saturated heterocycles. The number of aryl methyl sites for hydroxylation is 1. The lowest BCUT2D eigenvalue weighted by molar-refractivity contribution is 0.177. The maximum atomic E-state index is 4.51. The highest BCUT2D eigenvalue weighted by Gasteiger charge is 2.21. The van der Waals surface area contributed by atoms with Gasteiger partial charge in [-0.25, -0.2) is 0 Å². The van der Waals surface area contributed by atoms with Crippen LogP contribution in [0.4, 0.5) is 5.69 Å². The summed E-state index contributed by atoms with van der Waals surface area (Å²) in [6, 6.07) is 1.28. The Labute approximate surface area is 123 Å². The first-order chi connectivity index (χ1) is 9.61. The number of hydrogen-bond donors (Lipinski definition) is 1. The van der Waals surface area contributed by atoms with E-state index in [0.717, 1.165) is 6.54 Å². The molecule has 0 unspecified atom stereocenters. The molecule has 20 heavy (non-hydrogen) atoms. The Bertz CT molecular complexity index is 403. The number of aromatic nitrogens is 2. The lowest BCUT2D eigenvalue weighted by Crippen LogP contribution is -2.42. The monoisotopic (exact) mass is 278 g/mol. The molecule has 0 radical (unpaired) electrons. The molecule has 1 aliphatic rings. The third kappa shape index (κ3) is 3.75. The fourth-order valence-corrected chi connectivity index (χ4v) is 2.90. The molecule has 1 fully saturated rings. The zero-order valence-electron chi connectivity index (χ0n) is 13.5. The highest BCUT2D eigenvalue weighted by atomic mass is 15.3. The summed E-state index contributed by atoms with van der Waals surface area (Å²) in [6.07, 6.45) is 6.89. The van der Waals surface area contributed by atoms with Gasteiger partial charge in [0, 0.05) is 31.7 Å². The van der Waals surface area contributed by atoms with E-state index in [2.05, 4.69) is 47.7 Å². The van der Waals surface area contributed by atoms with Gasteiger partial charge in [0.25, 0.3) is 0 Å². The molecule has 2 rings (SSSR count). The third-order valence-corrected chi connectivity index (χ3v) is 4.45. The fraction of sp³-hybridized carbons (Fsp3) is 0.812. The van der Waals surface area contributed by atoms with Gasteiger partial charge in [0.1, 0.15) is 0 Å². The summed E-state index contributed by atoms with van der Waals surface area (Å²) in [7, 11) is 0. The summed E-state index contributed by atoms with van der Waals surface area (Å²) in [6.45, 7) is 12.4. The lowest BCUT2D eigenvalue weighted by Gasteiger charge is -2.35. The summed E-state index contributed by atoms with van der Waals surface area (Å²) < 4.78 is 2.13. The van der Waals surface area contributed by atoms with E-state index < -0.39 is 0 Å². The normalized spacial score (nSPS) is 17.9. The van der Waals surface area contributed by atoms with Crippen LogP contribution in [-0.4, -0.2) is 39.9 Å². The summed E-state index contributed by atoms with van der Waals surface area (Å²) in [5, 5.41) is 8.20. The SMILES string of the molecule is CCCCn1ncc(NC2CCN(C(C)C)CC2)c1C. The minimum Gasteiger partial charge on any atom is -0.379 e. The van der Waals surface area contributed by atoms with Crippen LogP contribution in [0, 0.1) is 6.92 Å². The van der Waals surface area contributed by atoms with Crippen molar-refractivity contribution >= 4 is 5.69 Å². The van der Waals surface area contributed by atoms with Gasteiger partial charge in [0.05, 0.1) is 17.6 Å². The Morgan fingerprint density at radius 1 is 1.35 bits per heavy atom. The van der Waals surface area contributed by atoms with Gasteiger partial charge < -0.3 is 10.2 Å². The maximum absolute atomic E-state index is 4.51. The van der Waals surface area contributed by atoms with Crippen LogP contribution >= 0.6 is 0 Å². The Morgan fingerprint density at radius 2 is 2.05 bits per heavy atom. The average Bonchev–Trinajstić information content (AvgIpc) is 2.78. The number of piperidine rings is 1. The maximum Gasteiger partial charge on any atom is 0.0758 e. The number of likely N-dealkylation sites (tertiary alicyclic amines) is 1. The second-order valence-electron chi connectivity index (χ2n) is 6.27. The van der Waals surface area contributed by atoms with Gasteiger partial charge in [-0.05, 0) is 40.0 Å². The first-order valence-corrected chi connectivity index (χ1v) is 8.14. The minimum absolute atomic E-state index is 0.604. The first kappa shape index (κ1) is 15.4. The highest BCUT2D eigenvalue weighted by Crippen LogP contribution is 2.20. The van der Waals surface area contributed by atoms with E-state index in [4.69, 9.17) is 0 Å². The van der Waals surface area contributed by atoms with Crippen molar-refractivity contribution in [3.63, 3.8) is 0 Å². The van der Waals surface area contributed by atoms with Crippen LogP contribution in [-0.2, 0) is 6.54 Å². The van der Waals surface area contributed by atoms with Crippen LogP contribution < -0.4 is 5.32 Å². The fourth-order valence-electron chi connectivity index (χ4n) is 2.90. The lowest BCUT2D eigenvalue weighted by atomic mass is 10.0. The van der Waals surface area contributed by atoms with Gasteiger partial charge in [0.2, 0.25) is 0 Å². The molecule has 1 N–H and O–H groups in total. The number of unbranched alkanes of at least 4 members (excludes halogenated alkanes) is 1. The summed E-state index contributed by atoms with van der Waals surface area (Å²) >= 11 is 0. The Hall–Kier alpha value is -1.03. The smallest absolute Gasteiger partial charge is 0.0758 e. The molecule has 4 heteroatoms. The quantitative estimate of drug-likeness (QED) is 0.867. The van der Waals surface area contributed by atoms with Crippen LogP contribution in [0.3, 0.4) is 0 Å². The van der Waals surface area contributed by atoms with Crippen molar-refractivity contribution in [3.05, 3.63) is 11.9 Å². The predicted octanol–water partition coefficient (Wildman–Crippen LogP) is 3.28. The van der Waals surface area contributed by atoms with Gasteiger partial charge >= 0.3 is 0 Å². The van der Waals surface area contributed by atoms with Crippen molar-refractivity contribution in [1.82, 2.24) is 14.7 Å². The third-order valence-electron chi connectivity index (χ3n) is 4.45. The van der Waals surface area contributed by atoms with E-state index in [9.17, 15) is 0 Å². The van der Waals surface area contributed by atoms with Crippen LogP contribution in [0.25, 0.3) is 0 Å². The Morgan fingerprint density at radius 3 is 2.65 bits per heavy atom. The van der Waals surface area contributed by atoms with Crippen LogP contribution in [0.1, 0.15) is 52.1 Å². The molecule has 1 aromatic rings. The number of anilines is 1. The summed E-state index contributed by atoms with van der Waals surface area (Å²) in [5.74, 6) is 0. The Kier molecular flexibility index (Phi) is 5.46. The van der Waals surface area contributed by atoms with E-state index in [0.29, 0.717) is 12.1 Å². The molecule has 0 aliphatic carbocycles. The van der Waals surface area contributed by atoms with Gasteiger partial charge in [-0.3, -0.25) is 4.68 Å². The van der Waals surface area contributed by atoms with E-state index >= 15 is 0 Å². The molecule has 4 nitrogen and oxygen atoms in total. The van der Waals surface area contributed by atoms with E-state index in [1.54, 1.807) is 0 Å². The molecule has 0 bridgehead atoms. The zero-order chi connectivity index (χ0) is 14.5. The number of rotatable bonds is 6. The van der Waals surface area contributed by atoms with E-state index in [1.165, 1.54) is 50.2 Å². The van der Waals surface area contributed by atoms with Gasteiger partial charge in [-0.2, -0.15) is 5.10 Å². The largest absolute Gasteiger partial charge is 0.379 e. The molecule has 0 aromatic carbocycles. The summed E-state index contributed by atoms with van der Waals surface area (Å²) in [5.41, 5.74) is 2.51. The van der Waals surface area contributed by atoms with Crippen molar-refractivity contribution in [3.8, 4) is 0 Å². The average molecular weight is 278 g/mol. The molecule has 114 valence electrons. The van der Waals surface area contributed by atoms with Crippen molar-refractivity contribution in [1.29, 1.82) is 0 Å². The molecular weight excluding hydrogens is 248 g/mol. The molecule has 1 aliphatic heterocycles. The molecule has 0 spiro atoms. The van der Waals surface area contributed by atoms with Crippen molar-refractivity contribution in [2.45, 2.75) is 72.0 Å². The van der Waals surface area contributed by atoms with Crippen LogP contribution in [0.15, 0.2) is 6.20 Å². The summed E-state index contributed by atoms with van der Waals surface area (Å²) in [4.78, 5) is 2.57. The molecule has 2 heterocycles. The molecular formula is C16H30N4. The Balaban J connectivity index is 1.87. The molecule has 0 amide bonds. The van der Waals surface area contributed by atoms with Crippen molar-refractivity contribution < 1.29 is 0 Å². The second-order valence-corrected chi connectivity index (χ2v) is 6.27. The van der Waals surface area contributed by atoms with E-state index in [-0.39, 0.29) is 0 Å². The van der Waals surface area contributed by atoms with Gasteiger partial charge in [-0.1, -0.05) is 13.3 Å². The molecule has 1 aromatic heterocycles. The number of nitrogens with one attached hydrogen (secondary N) is 1. The van der Waals surface area contributed by atoms with E-state index in [1.807, 2.05) is 6.20 Å². The van der Waals surface area contributed by atoms with Crippen molar-refractivity contribution in [2.75, 3.05) is 18.4 Å². The number of nitrogens with zero attached hydrogens (tertiary/aromatic N) is 3. The van der Waals surface area contributed by atoms with Crippen LogP contribution in [0.5, 0.6) is 0 Å².